The number of ketones is 1. The number of ether oxygens (including phenoxy) is 1. The lowest BCUT2D eigenvalue weighted by Gasteiger charge is -2.29. The molecule has 29 heavy (non-hydrogen) atoms. The molecule has 1 aromatic heterocycles. The van der Waals surface area contributed by atoms with Gasteiger partial charge in [-0.2, -0.15) is 0 Å². The molecule has 2 aromatic rings. The summed E-state index contributed by atoms with van der Waals surface area (Å²) in [6, 6.07) is 10.2. The summed E-state index contributed by atoms with van der Waals surface area (Å²) in [4.78, 5) is 30.6. The number of Topliss-reactive ketones (excluding diaryl/α,β-unsaturated/α-hetero) is 1. The number of benzene rings is 1. The van der Waals surface area contributed by atoms with Gasteiger partial charge < -0.3 is 19.6 Å². The van der Waals surface area contributed by atoms with Crippen molar-refractivity contribution in [2.75, 3.05) is 33.3 Å². The Bertz CT molecular complexity index is 932. The van der Waals surface area contributed by atoms with E-state index < -0.39 is 17.7 Å². The molecule has 1 unspecified atom stereocenters. The second-order valence-electron chi connectivity index (χ2n) is 7.26. The molecule has 0 aliphatic carbocycles. The highest BCUT2D eigenvalue weighted by atomic mass is 32.1. The molecule has 1 aromatic carbocycles. The molecule has 1 saturated heterocycles. The third kappa shape index (κ3) is 3.68. The molecule has 0 bridgehead atoms. The SMILES string of the molecule is COc1ccccc1C1C(C(=O)c2cccs2)=C(O)C(=O)N1CCN1CCCC1. The number of methoxy groups -OCH3 is 1. The molecule has 3 heterocycles. The summed E-state index contributed by atoms with van der Waals surface area (Å²) in [5.41, 5.74) is 0.831. The first-order valence-corrected chi connectivity index (χ1v) is 10.7. The van der Waals surface area contributed by atoms with Gasteiger partial charge in [0.05, 0.1) is 23.6 Å². The summed E-state index contributed by atoms with van der Waals surface area (Å²) in [6.07, 6.45) is 2.32. The third-order valence-corrected chi connectivity index (χ3v) is 6.45. The second-order valence-corrected chi connectivity index (χ2v) is 8.21. The number of amides is 1. The van der Waals surface area contributed by atoms with Crippen molar-refractivity contribution in [2.45, 2.75) is 18.9 Å². The van der Waals surface area contributed by atoms with E-state index in [2.05, 4.69) is 4.90 Å². The quantitative estimate of drug-likeness (QED) is 0.706. The zero-order chi connectivity index (χ0) is 20.4. The minimum absolute atomic E-state index is 0.128. The van der Waals surface area contributed by atoms with Gasteiger partial charge in [-0.15, -0.1) is 11.3 Å². The van der Waals surface area contributed by atoms with Crippen LogP contribution in [0.5, 0.6) is 5.75 Å². The van der Waals surface area contributed by atoms with Crippen LogP contribution in [0.4, 0.5) is 0 Å². The standard InChI is InChI=1S/C22H24N2O4S/c1-28-16-8-3-2-7-15(16)19-18(20(25)17-9-6-14-29-17)21(26)22(27)24(19)13-12-23-10-4-5-11-23/h2-3,6-9,14,19,26H,4-5,10-13H2,1H3. The van der Waals surface area contributed by atoms with E-state index in [1.807, 2.05) is 23.6 Å². The summed E-state index contributed by atoms with van der Waals surface area (Å²) in [5.74, 6) is -0.686. The first kappa shape index (κ1) is 19.7. The molecule has 7 heteroatoms. The summed E-state index contributed by atoms with van der Waals surface area (Å²) in [5, 5.41) is 12.5. The topological polar surface area (TPSA) is 70.1 Å². The number of hydrogen-bond acceptors (Lipinski definition) is 6. The van der Waals surface area contributed by atoms with E-state index in [1.165, 1.54) is 11.3 Å². The van der Waals surface area contributed by atoms with Gasteiger partial charge in [-0.1, -0.05) is 24.3 Å². The van der Waals surface area contributed by atoms with E-state index in [1.54, 1.807) is 30.2 Å². The predicted octanol–water partition coefficient (Wildman–Crippen LogP) is 3.43. The molecule has 0 spiro atoms. The number of thiophene rings is 1. The van der Waals surface area contributed by atoms with Crippen molar-refractivity contribution < 1.29 is 19.4 Å². The second kappa shape index (κ2) is 8.39. The maximum Gasteiger partial charge on any atom is 0.290 e. The van der Waals surface area contributed by atoms with Crippen molar-refractivity contribution in [1.82, 2.24) is 9.80 Å². The summed E-state index contributed by atoms with van der Waals surface area (Å²) >= 11 is 1.30. The normalized spacial score (nSPS) is 20.0. The Morgan fingerprint density at radius 1 is 1.17 bits per heavy atom. The highest BCUT2D eigenvalue weighted by Gasteiger charge is 2.44. The van der Waals surface area contributed by atoms with Gasteiger partial charge in [-0.25, -0.2) is 0 Å². The molecule has 152 valence electrons. The number of carbonyl (C=O) groups is 2. The molecule has 1 amide bonds. The number of para-hydroxylation sites is 1. The van der Waals surface area contributed by atoms with Crippen LogP contribution in [-0.4, -0.2) is 59.9 Å². The number of aliphatic hydroxyl groups excluding tert-OH is 1. The van der Waals surface area contributed by atoms with Crippen LogP contribution in [0, 0.1) is 0 Å². The van der Waals surface area contributed by atoms with Crippen LogP contribution in [0.3, 0.4) is 0 Å². The van der Waals surface area contributed by atoms with Crippen molar-refractivity contribution in [1.29, 1.82) is 0 Å². The lowest BCUT2D eigenvalue weighted by molar-refractivity contribution is -0.129. The van der Waals surface area contributed by atoms with Crippen molar-refractivity contribution in [3.63, 3.8) is 0 Å². The molecule has 6 nitrogen and oxygen atoms in total. The molecule has 0 saturated carbocycles. The van der Waals surface area contributed by atoms with Crippen LogP contribution < -0.4 is 4.74 Å². The molecule has 2 aliphatic rings. The average Bonchev–Trinajstić information content (AvgIpc) is 3.49. The summed E-state index contributed by atoms with van der Waals surface area (Å²) in [7, 11) is 1.56. The largest absolute Gasteiger partial charge is 0.503 e. The van der Waals surface area contributed by atoms with E-state index in [0.717, 1.165) is 25.9 Å². The molecule has 4 rings (SSSR count). The van der Waals surface area contributed by atoms with Crippen LogP contribution in [0.15, 0.2) is 53.1 Å². The maximum atomic E-state index is 13.2. The fourth-order valence-corrected chi connectivity index (χ4v) is 4.81. The Morgan fingerprint density at radius 2 is 1.93 bits per heavy atom. The molecule has 0 radical (unpaired) electrons. The van der Waals surface area contributed by atoms with Crippen LogP contribution in [0.25, 0.3) is 0 Å². The smallest absolute Gasteiger partial charge is 0.290 e. The lowest BCUT2D eigenvalue weighted by Crippen LogP contribution is -2.38. The molecule has 1 N–H and O–H groups in total. The van der Waals surface area contributed by atoms with Gasteiger partial charge in [-0.3, -0.25) is 9.59 Å². The minimum atomic E-state index is -0.671. The van der Waals surface area contributed by atoms with E-state index in [9.17, 15) is 14.7 Å². The van der Waals surface area contributed by atoms with E-state index in [4.69, 9.17) is 4.74 Å². The predicted molar refractivity (Wildman–Crippen MR) is 111 cm³/mol. The fraction of sp³-hybridized carbons (Fsp3) is 0.364. The molecule has 1 fully saturated rings. The van der Waals surface area contributed by atoms with E-state index in [0.29, 0.717) is 29.3 Å². The Hall–Kier alpha value is -2.64. The van der Waals surface area contributed by atoms with Crippen LogP contribution >= 0.6 is 11.3 Å². The maximum absolute atomic E-state index is 13.2. The fourth-order valence-electron chi connectivity index (χ4n) is 4.13. The summed E-state index contributed by atoms with van der Waals surface area (Å²) in [6.45, 7) is 3.18. The average molecular weight is 413 g/mol. The molecule has 2 aliphatic heterocycles. The van der Waals surface area contributed by atoms with Gasteiger partial charge in [0.2, 0.25) is 5.78 Å². The first-order valence-electron chi connectivity index (χ1n) is 9.79. The monoisotopic (exact) mass is 412 g/mol. The lowest BCUT2D eigenvalue weighted by atomic mass is 9.94. The van der Waals surface area contributed by atoms with Gasteiger partial charge in [0, 0.05) is 18.7 Å². The van der Waals surface area contributed by atoms with Crippen LogP contribution in [0.2, 0.25) is 0 Å². The number of rotatable bonds is 7. The van der Waals surface area contributed by atoms with Crippen molar-refractivity contribution in [3.8, 4) is 5.75 Å². The number of hydrogen-bond donors (Lipinski definition) is 1. The number of aliphatic hydroxyl groups is 1. The molecule has 1 atom stereocenters. The zero-order valence-electron chi connectivity index (χ0n) is 16.3. The number of nitrogens with zero attached hydrogens (tertiary/aromatic N) is 2. The Labute approximate surface area is 174 Å². The Balaban J connectivity index is 1.73. The zero-order valence-corrected chi connectivity index (χ0v) is 17.2. The van der Waals surface area contributed by atoms with Gasteiger partial charge in [0.15, 0.2) is 5.76 Å². The van der Waals surface area contributed by atoms with Gasteiger partial charge >= 0.3 is 0 Å². The van der Waals surface area contributed by atoms with E-state index in [-0.39, 0.29) is 11.4 Å². The third-order valence-electron chi connectivity index (χ3n) is 5.58. The van der Waals surface area contributed by atoms with Crippen LogP contribution in [0.1, 0.15) is 34.1 Å². The molecular weight excluding hydrogens is 388 g/mol. The van der Waals surface area contributed by atoms with Crippen molar-refractivity contribution in [2.24, 2.45) is 0 Å². The van der Waals surface area contributed by atoms with Gasteiger partial charge in [0.25, 0.3) is 5.91 Å². The van der Waals surface area contributed by atoms with Gasteiger partial charge in [0.1, 0.15) is 5.75 Å². The number of carbonyl (C=O) groups excluding carboxylic acids is 2. The molecular formula is C22H24N2O4S. The van der Waals surface area contributed by atoms with E-state index >= 15 is 0 Å². The first-order chi connectivity index (χ1) is 14.1. The highest BCUT2D eigenvalue weighted by molar-refractivity contribution is 7.12. The number of likely N-dealkylation sites (tertiary alicyclic amines) is 1. The van der Waals surface area contributed by atoms with Gasteiger partial charge in [-0.05, 0) is 43.4 Å². The highest BCUT2D eigenvalue weighted by Crippen LogP contribution is 2.42. The van der Waals surface area contributed by atoms with Crippen LogP contribution in [-0.2, 0) is 4.79 Å². The summed E-state index contributed by atoms with van der Waals surface area (Å²) < 4.78 is 5.51. The Morgan fingerprint density at radius 3 is 2.62 bits per heavy atom. The Kier molecular flexibility index (Phi) is 5.69. The van der Waals surface area contributed by atoms with Crippen molar-refractivity contribution >= 4 is 23.0 Å². The van der Waals surface area contributed by atoms with Crippen molar-refractivity contribution in [3.05, 3.63) is 63.6 Å². The minimum Gasteiger partial charge on any atom is -0.503 e.